The van der Waals surface area contributed by atoms with Crippen LogP contribution in [0.2, 0.25) is 0 Å². The van der Waals surface area contributed by atoms with E-state index < -0.39 is 5.91 Å². The minimum absolute atomic E-state index is 0.0458. The number of hydrogen-bond donors (Lipinski definition) is 2. The summed E-state index contributed by atoms with van der Waals surface area (Å²) in [7, 11) is 0. The standard InChI is InChI=1S/C10H22N2O2/c1-2-3-4-5-6-7-8-12-14-9-10(11)13/h12H,2-9H2,1H3,(H2,11,13). The van der Waals surface area contributed by atoms with E-state index in [1.54, 1.807) is 0 Å². The molecule has 0 heterocycles. The molecule has 0 atom stereocenters. The molecule has 0 radical (unpaired) electrons. The van der Waals surface area contributed by atoms with Gasteiger partial charge in [0.2, 0.25) is 5.91 Å². The van der Waals surface area contributed by atoms with E-state index in [4.69, 9.17) is 10.6 Å². The number of carbonyl (C=O) groups excluding carboxylic acids is 1. The van der Waals surface area contributed by atoms with E-state index in [1.807, 2.05) is 0 Å². The Morgan fingerprint density at radius 1 is 1.21 bits per heavy atom. The molecule has 4 heteroatoms. The van der Waals surface area contributed by atoms with Crippen LogP contribution in [-0.2, 0) is 9.63 Å². The van der Waals surface area contributed by atoms with E-state index in [2.05, 4.69) is 12.4 Å². The monoisotopic (exact) mass is 202 g/mol. The Labute approximate surface area is 86.1 Å². The average Bonchev–Trinajstić information content (AvgIpc) is 2.15. The quantitative estimate of drug-likeness (QED) is 0.415. The van der Waals surface area contributed by atoms with Crippen molar-refractivity contribution in [3.8, 4) is 0 Å². The number of nitrogens with two attached hydrogens (primary N) is 1. The lowest BCUT2D eigenvalue weighted by atomic mass is 10.1. The number of primary amides is 1. The topological polar surface area (TPSA) is 64.3 Å². The summed E-state index contributed by atoms with van der Waals surface area (Å²) >= 11 is 0. The Bertz CT molecular complexity index is 140. The lowest BCUT2D eigenvalue weighted by Gasteiger charge is -2.03. The molecule has 0 unspecified atom stereocenters. The minimum atomic E-state index is -0.444. The van der Waals surface area contributed by atoms with Crippen molar-refractivity contribution < 1.29 is 9.63 Å². The molecule has 0 saturated heterocycles. The average molecular weight is 202 g/mol. The zero-order valence-corrected chi connectivity index (χ0v) is 9.05. The van der Waals surface area contributed by atoms with E-state index in [0.29, 0.717) is 0 Å². The molecule has 4 nitrogen and oxygen atoms in total. The van der Waals surface area contributed by atoms with Crippen LogP contribution in [0.1, 0.15) is 45.4 Å². The van der Waals surface area contributed by atoms with E-state index in [-0.39, 0.29) is 6.61 Å². The summed E-state index contributed by atoms with van der Waals surface area (Å²) in [4.78, 5) is 15.1. The van der Waals surface area contributed by atoms with Crippen LogP contribution in [0.5, 0.6) is 0 Å². The molecule has 0 aliphatic rings. The summed E-state index contributed by atoms with van der Waals surface area (Å²) in [5.74, 6) is -0.444. The number of nitrogens with one attached hydrogen (secondary N) is 1. The van der Waals surface area contributed by atoms with Gasteiger partial charge in [-0.25, -0.2) is 5.48 Å². The molecule has 0 aromatic rings. The third-order valence-electron chi connectivity index (χ3n) is 1.95. The molecular weight excluding hydrogens is 180 g/mol. The van der Waals surface area contributed by atoms with Crippen LogP contribution in [0.4, 0.5) is 0 Å². The first-order valence-corrected chi connectivity index (χ1v) is 5.40. The number of hydrogen-bond acceptors (Lipinski definition) is 3. The van der Waals surface area contributed by atoms with Gasteiger partial charge >= 0.3 is 0 Å². The van der Waals surface area contributed by atoms with Crippen molar-refractivity contribution in [2.24, 2.45) is 5.73 Å². The highest BCUT2D eigenvalue weighted by Crippen LogP contribution is 2.03. The van der Waals surface area contributed by atoms with E-state index in [0.717, 1.165) is 13.0 Å². The van der Waals surface area contributed by atoms with Crippen molar-refractivity contribution in [2.75, 3.05) is 13.2 Å². The SMILES string of the molecule is CCCCCCCCNOCC(N)=O. The lowest BCUT2D eigenvalue weighted by molar-refractivity contribution is -0.125. The third kappa shape index (κ3) is 11.4. The van der Waals surface area contributed by atoms with Crippen molar-refractivity contribution in [1.29, 1.82) is 0 Å². The summed E-state index contributed by atoms with van der Waals surface area (Å²) < 4.78 is 0. The fraction of sp³-hybridized carbons (Fsp3) is 0.900. The summed E-state index contributed by atoms with van der Waals surface area (Å²) in [5, 5.41) is 0. The van der Waals surface area contributed by atoms with Gasteiger partial charge in [0.25, 0.3) is 0 Å². The fourth-order valence-electron chi connectivity index (χ4n) is 1.17. The van der Waals surface area contributed by atoms with Crippen LogP contribution in [0.15, 0.2) is 0 Å². The zero-order chi connectivity index (χ0) is 10.6. The van der Waals surface area contributed by atoms with Gasteiger partial charge in [-0.2, -0.15) is 0 Å². The normalized spacial score (nSPS) is 10.4. The Kier molecular flexibility index (Phi) is 10.0. The highest BCUT2D eigenvalue weighted by Gasteiger charge is 1.93. The predicted molar refractivity (Wildman–Crippen MR) is 56.5 cm³/mol. The highest BCUT2D eigenvalue weighted by molar-refractivity contribution is 5.74. The number of carbonyl (C=O) groups is 1. The molecule has 0 spiro atoms. The highest BCUT2D eigenvalue weighted by atomic mass is 16.6. The van der Waals surface area contributed by atoms with Gasteiger partial charge < -0.3 is 5.73 Å². The van der Waals surface area contributed by atoms with Gasteiger partial charge in [-0.15, -0.1) is 0 Å². The molecule has 14 heavy (non-hydrogen) atoms. The molecule has 0 fully saturated rings. The van der Waals surface area contributed by atoms with Gasteiger partial charge in [0.15, 0.2) is 0 Å². The first-order chi connectivity index (χ1) is 6.77. The molecule has 0 aromatic carbocycles. The van der Waals surface area contributed by atoms with Crippen LogP contribution < -0.4 is 11.2 Å². The molecule has 84 valence electrons. The number of hydroxylamine groups is 1. The summed E-state index contributed by atoms with van der Waals surface area (Å²) in [5.41, 5.74) is 7.59. The molecule has 0 bridgehead atoms. The Morgan fingerprint density at radius 3 is 2.50 bits per heavy atom. The van der Waals surface area contributed by atoms with Crippen molar-refractivity contribution in [3.05, 3.63) is 0 Å². The second-order valence-corrected chi connectivity index (χ2v) is 3.42. The van der Waals surface area contributed by atoms with E-state index in [1.165, 1.54) is 32.1 Å². The second kappa shape index (κ2) is 10.5. The van der Waals surface area contributed by atoms with Crippen molar-refractivity contribution >= 4 is 5.91 Å². The first-order valence-electron chi connectivity index (χ1n) is 5.40. The maximum atomic E-state index is 10.3. The molecule has 1 amide bonds. The molecule has 0 aromatic heterocycles. The number of unbranched alkanes of at least 4 members (excludes halogenated alkanes) is 5. The van der Waals surface area contributed by atoms with E-state index in [9.17, 15) is 4.79 Å². The van der Waals surface area contributed by atoms with Crippen LogP contribution >= 0.6 is 0 Å². The van der Waals surface area contributed by atoms with Crippen molar-refractivity contribution in [2.45, 2.75) is 45.4 Å². The van der Waals surface area contributed by atoms with Crippen LogP contribution in [0, 0.1) is 0 Å². The number of rotatable bonds is 10. The Balaban J connectivity index is 2.88. The smallest absolute Gasteiger partial charge is 0.245 e. The zero-order valence-electron chi connectivity index (χ0n) is 9.05. The maximum absolute atomic E-state index is 10.3. The summed E-state index contributed by atoms with van der Waals surface area (Å²) in [6.07, 6.45) is 7.50. The first kappa shape index (κ1) is 13.4. The van der Waals surface area contributed by atoms with Gasteiger partial charge in [-0.05, 0) is 6.42 Å². The Morgan fingerprint density at radius 2 is 1.86 bits per heavy atom. The van der Waals surface area contributed by atoms with Crippen LogP contribution in [0.3, 0.4) is 0 Å². The van der Waals surface area contributed by atoms with Gasteiger partial charge in [-0.1, -0.05) is 39.0 Å². The largest absolute Gasteiger partial charge is 0.368 e. The molecule has 0 saturated carbocycles. The summed E-state index contributed by atoms with van der Waals surface area (Å²) in [6, 6.07) is 0. The third-order valence-corrected chi connectivity index (χ3v) is 1.95. The molecule has 0 aliphatic carbocycles. The second-order valence-electron chi connectivity index (χ2n) is 3.42. The minimum Gasteiger partial charge on any atom is -0.368 e. The molecular formula is C10H22N2O2. The van der Waals surface area contributed by atoms with Crippen LogP contribution in [-0.4, -0.2) is 19.1 Å². The Hall–Kier alpha value is -0.610. The van der Waals surface area contributed by atoms with Crippen molar-refractivity contribution in [1.82, 2.24) is 5.48 Å². The van der Waals surface area contributed by atoms with Crippen molar-refractivity contribution in [3.63, 3.8) is 0 Å². The van der Waals surface area contributed by atoms with E-state index >= 15 is 0 Å². The van der Waals surface area contributed by atoms with Gasteiger partial charge in [0, 0.05) is 6.54 Å². The maximum Gasteiger partial charge on any atom is 0.245 e. The van der Waals surface area contributed by atoms with Gasteiger partial charge in [0.05, 0.1) is 0 Å². The molecule has 0 aliphatic heterocycles. The number of amides is 1. The predicted octanol–water partition coefficient (Wildman–Crippen LogP) is 1.35. The lowest BCUT2D eigenvalue weighted by Crippen LogP contribution is -2.25. The molecule has 0 rings (SSSR count). The van der Waals surface area contributed by atoms with Crippen LogP contribution in [0.25, 0.3) is 0 Å². The fourth-order valence-corrected chi connectivity index (χ4v) is 1.17. The summed E-state index contributed by atoms with van der Waals surface area (Å²) in [6.45, 7) is 2.95. The molecule has 3 N–H and O–H groups in total. The van der Waals surface area contributed by atoms with Gasteiger partial charge in [0.1, 0.15) is 6.61 Å². The van der Waals surface area contributed by atoms with Gasteiger partial charge in [-0.3, -0.25) is 9.63 Å².